The van der Waals surface area contributed by atoms with E-state index < -0.39 is 10.0 Å². The highest BCUT2D eigenvalue weighted by molar-refractivity contribution is 14.0. The molecule has 0 aliphatic carbocycles. The SMILES string of the molecule is CCNC(=NCc1ccccc1CS(=O)(=O)NC(C)C)N1CC(C)CC(C)C1.I. The van der Waals surface area contributed by atoms with Crippen LogP contribution in [0.5, 0.6) is 0 Å². The Labute approximate surface area is 194 Å². The molecule has 1 heterocycles. The Kier molecular flexibility index (Phi) is 10.9. The maximum absolute atomic E-state index is 12.4. The molecule has 1 aromatic carbocycles. The Morgan fingerprint density at radius 1 is 1.17 bits per heavy atom. The van der Waals surface area contributed by atoms with Gasteiger partial charge in [0, 0.05) is 25.7 Å². The summed E-state index contributed by atoms with van der Waals surface area (Å²) in [4.78, 5) is 7.18. The standard InChI is InChI=1S/C21H36N4O2S.HI/c1-6-22-21(25-13-17(4)11-18(5)14-25)23-12-19-9-7-8-10-20(19)15-28(26,27)24-16(2)3;/h7-10,16-18,24H,6,11-15H2,1-5H3,(H,22,23);1H. The van der Waals surface area contributed by atoms with Gasteiger partial charge in [0.15, 0.2) is 5.96 Å². The van der Waals surface area contributed by atoms with Crippen LogP contribution in [-0.4, -0.2) is 45.0 Å². The lowest BCUT2D eigenvalue weighted by atomic mass is 9.92. The number of hydrogen-bond donors (Lipinski definition) is 2. The molecular formula is C21H37IN4O2S. The van der Waals surface area contributed by atoms with E-state index in [1.54, 1.807) is 0 Å². The van der Waals surface area contributed by atoms with Crippen molar-refractivity contribution in [1.82, 2.24) is 14.9 Å². The Morgan fingerprint density at radius 3 is 2.31 bits per heavy atom. The van der Waals surface area contributed by atoms with Gasteiger partial charge in [0.1, 0.15) is 0 Å². The normalized spacial score (nSPS) is 20.5. The minimum atomic E-state index is -3.36. The second-order valence-electron chi connectivity index (χ2n) is 8.32. The van der Waals surface area contributed by atoms with E-state index in [1.165, 1.54) is 6.42 Å². The largest absolute Gasteiger partial charge is 0.357 e. The fourth-order valence-electron chi connectivity index (χ4n) is 3.88. The van der Waals surface area contributed by atoms with Gasteiger partial charge in [-0.3, -0.25) is 0 Å². The number of halogens is 1. The van der Waals surface area contributed by atoms with Crippen molar-refractivity contribution in [3.8, 4) is 0 Å². The number of nitrogens with zero attached hydrogens (tertiary/aromatic N) is 2. The van der Waals surface area contributed by atoms with Crippen molar-refractivity contribution in [1.29, 1.82) is 0 Å². The summed E-state index contributed by atoms with van der Waals surface area (Å²) in [6.45, 7) is 13.6. The van der Waals surface area contributed by atoms with E-state index in [4.69, 9.17) is 4.99 Å². The fraction of sp³-hybridized carbons (Fsp3) is 0.667. The van der Waals surface area contributed by atoms with Gasteiger partial charge in [-0.15, -0.1) is 24.0 Å². The van der Waals surface area contributed by atoms with Crippen molar-refractivity contribution < 1.29 is 8.42 Å². The predicted molar refractivity (Wildman–Crippen MR) is 132 cm³/mol. The Hall–Kier alpha value is -0.870. The van der Waals surface area contributed by atoms with E-state index >= 15 is 0 Å². The average Bonchev–Trinajstić information content (AvgIpc) is 2.57. The summed E-state index contributed by atoms with van der Waals surface area (Å²) in [5, 5.41) is 3.40. The average molecular weight is 537 g/mol. The molecule has 0 bridgehead atoms. The molecule has 1 aromatic rings. The number of benzene rings is 1. The molecule has 8 heteroatoms. The van der Waals surface area contributed by atoms with Gasteiger partial charge in [0.25, 0.3) is 0 Å². The van der Waals surface area contributed by atoms with Crippen LogP contribution < -0.4 is 10.0 Å². The summed E-state index contributed by atoms with van der Waals surface area (Å²) in [5.74, 6) is 2.18. The van der Waals surface area contributed by atoms with Gasteiger partial charge >= 0.3 is 0 Å². The van der Waals surface area contributed by atoms with Crippen molar-refractivity contribution in [2.24, 2.45) is 16.8 Å². The highest BCUT2D eigenvalue weighted by Crippen LogP contribution is 2.21. The molecule has 1 fully saturated rings. The molecule has 29 heavy (non-hydrogen) atoms. The number of likely N-dealkylation sites (tertiary alicyclic amines) is 1. The first-order valence-electron chi connectivity index (χ1n) is 10.3. The summed E-state index contributed by atoms with van der Waals surface area (Å²) >= 11 is 0. The Bertz CT molecular complexity index is 758. The molecule has 1 aliphatic rings. The highest BCUT2D eigenvalue weighted by atomic mass is 127. The molecular weight excluding hydrogens is 499 g/mol. The van der Waals surface area contributed by atoms with Gasteiger partial charge in [-0.25, -0.2) is 18.1 Å². The van der Waals surface area contributed by atoms with Crippen molar-refractivity contribution in [3.63, 3.8) is 0 Å². The van der Waals surface area contributed by atoms with Crippen LogP contribution in [0, 0.1) is 11.8 Å². The third kappa shape index (κ3) is 8.80. The monoisotopic (exact) mass is 536 g/mol. The van der Waals surface area contributed by atoms with Gasteiger partial charge in [0.05, 0.1) is 12.3 Å². The molecule has 1 aliphatic heterocycles. The molecule has 2 N–H and O–H groups in total. The first kappa shape index (κ1) is 26.2. The van der Waals surface area contributed by atoms with Crippen LogP contribution >= 0.6 is 24.0 Å². The lowest BCUT2D eigenvalue weighted by Gasteiger charge is -2.37. The third-order valence-electron chi connectivity index (χ3n) is 4.78. The number of piperidine rings is 1. The van der Waals surface area contributed by atoms with Gasteiger partial charge < -0.3 is 10.2 Å². The maximum atomic E-state index is 12.4. The van der Waals surface area contributed by atoms with Crippen molar-refractivity contribution in [2.45, 2.75) is 59.4 Å². The topological polar surface area (TPSA) is 73.8 Å². The number of aliphatic imine (C=N–C) groups is 1. The van der Waals surface area contributed by atoms with Gasteiger partial charge in [-0.2, -0.15) is 0 Å². The van der Waals surface area contributed by atoms with Crippen LogP contribution in [0.1, 0.15) is 52.2 Å². The zero-order chi connectivity index (χ0) is 20.7. The van der Waals surface area contributed by atoms with E-state index in [2.05, 4.69) is 35.7 Å². The van der Waals surface area contributed by atoms with Crippen LogP contribution in [0.2, 0.25) is 0 Å². The zero-order valence-corrected chi connectivity index (χ0v) is 21.5. The summed E-state index contributed by atoms with van der Waals surface area (Å²) in [5.41, 5.74) is 1.75. The molecule has 2 unspecified atom stereocenters. The molecule has 1 saturated heterocycles. The maximum Gasteiger partial charge on any atom is 0.216 e. The zero-order valence-electron chi connectivity index (χ0n) is 18.3. The van der Waals surface area contributed by atoms with Crippen molar-refractivity contribution in [3.05, 3.63) is 35.4 Å². The first-order chi connectivity index (χ1) is 13.2. The molecule has 0 amide bonds. The second kappa shape index (κ2) is 12.1. The molecule has 0 saturated carbocycles. The van der Waals surface area contributed by atoms with Crippen LogP contribution in [0.25, 0.3) is 0 Å². The lowest BCUT2D eigenvalue weighted by Crippen LogP contribution is -2.48. The minimum Gasteiger partial charge on any atom is -0.357 e. The van der Waals surface area contributed by atoms with E-state index in [-0.39, 0.29) is 35.8 Å². The molecule has 2 atom stereocenters. The second-order valence-corrected chi connectivity index (χ2v) is 10.1. The number of sulfonamides is 1. The van der Waals surface area contributed by atoms with Crippen molar-refractivity contribution >= 4 is 40.0 Å². The van der Waals surface area contributed by atoms with Gasteiger partial charge in [0.2, 0.25) is 10.0 Å². The Morgan fingerprint density at radius 2 is 1.76 bits per heavy atom. The minimum absolute atomic E-state index is 0. The number of rotatable bonds is 7. The van der Waals surface area contributed by atoms with E-state index in [0.29, 0.717) is 18.4 Å². The summed E-state index contributed by atoms with van der Waals surface area (Å²) in [6.07, 6.45) is 1.25. The van der Waals surface area contributed by atoms with Crippen LogP contribution in [0.4, 0.5) is 0 Å². The quantitative estimate of drug-likeness (QED) is 0.318. The van der Waals surface area contributed by atoms with E-state index in [1.807, 2.05) is 38.1 Å². The van der Waals surface area contributed by atoms with Gasteiger partial charge in [-0.1, -0.05) is 38.1 Å². The van der Waals surface area contributed by atoms with Gasteiger partial charge in [-0.05, 0) is 50.2 Å². The summed E-state index contributed by atoms with van der Waals surface area (Å²) in [7, 11) is -3.36. The number of nitrogens with one attached hydrogen (secondary N) is 2. The molecule has 0 aromatic heterocycles. The van der Waals surface area contributed by atoms with Crippen LogP contribution in [-0.2, 0) is 22.3 Å². The molecule has 166 valence electrons. The first-order valence-corrected chi connectivity index (χ1v) is 12.0. The molecule has 0 spiro atoms. The Balaban J connectivity index is 0.00000420. The summed E-state index contributed by atoms with van der Waals surface area (Å²) < 4.78 is 27.4. The number of guanidine groups is 1. The lowest BCUT2D eigenvalue weighted by molar-refractivity contribution is 0.208. The predicted octanol–water partition coefficient (Wildman–Crippen LogP) is 3.58. The number of hydrogen-bond acceptors (Lipinski definition) is 3. The fourth-order valence-corrected chi connectivity index (χ4v) is 5.37. The summed E-state index contributed by atoms with van der Waals surface area (Å²) in [6, 6.07) is 7.55. The highest BCUT2D eigenvalue weighted by Gasteiger charge is 2.24. The molecule has 0 radical (unpaired) electrons. The van der Waals surface area contributed by atoms with E-state index in [9.17, 15) is 8.42 Å². The van der Waals surface area contributed by atoms with Crippen LogP contribution in [0.3, 0.4) is 0 Å². The smallest absolute Gasteiger partial charge is 0.216 e. The molecule has 2 rings (SSSR count). The van der Waals surface area contributed by atoms with Crippen molar-refractivity contribution in [2.75, 3.05) is 19.6 Å². The van der Waals surface area contributed by atoms with E-state index in [0.717, 1.165) is 36.7 Å². The molecule has 6 nitrogen and oxygen atoms in total. The van der Waals surface area contributed by atoms with Crippen LogP contribution in [0.15, 0.2) is 29.3 Å². The third-order valence-corrected chi connectivity index (χ3v) is 6.30.